The lowest BCUT2D eigenvalue weighted by molar-refractivity contribution is -0.136. The van der Waals surface area contributed by atoms with Gasteiger partial charge in [0.1, 0.15) is 0 Å². The van der Waals surface area contributed by atoms with Crippen molar-refractivity contribution in [3.8, 4) is 22.8 Å². The van der Waals surface area contributed by atoms with Gasteiger partial charge in [0.25, 0.3) is 5.91 Å². The average Bonchev–Trinajstić information content (AvgIpc) is 3.16. The largest absolute Gasteiger partial charge is 0.493 e. The van der Waals surface area contributed by atoms with Gasteiger partial charge in [-0.25, -0.2) is 9.50 Å². The van der Waals surface area contributed by atoms with E-state index in [0.717, 1.165) is 5.56 Å². The lowest BCUT2D eigenvalue weighted by Crippen LogP contribution is -2.23. The quantitative estimate of drug-likeness (QED) is 0.601. The number of nitrogens with one attached hydrogen (secondary N) is 1. The van der Waals surface area contributed by atoms with Crippen LogP contribution >= 0.6 is 0 Å². The molecule has 0 fully saturated rings. The van der Waals surface area contributed by atoms with Gasteiger partial charge in [0.15, 0.2) is 22.8 Å². The van der Waals surface area contributed by atoms with Crippen molar-refractivity contribution in [1.29, 1.82) is 0 Å². The van der Waals surface area contributed by atoms with Crippen molar-refractivity contribution in [2.24, 2.45) is 0 Å². The summed E-state index contributed by atoms with van der Waals surface area (Å²) in [6, 6.07) is 8.76. The number of methoxy groups -OCH3 is 2. The van der Waals surface area contributed by atoms with E-state index in [-0.39, 0.29) is 18.5 Å². The smallest absolute Gasteiger partial charge is 0.303 e. The number of amides is 1. The number of benzene rings is 1. The maximum atomic E-state index is 12.4. The van der Waals surface area contributed by atoms with Crippen molar-refractivity contribution >= 4 is 17.5 Å². The Morgan fingerprint density at radius 3 is 2.59 bits per heavy atom. The van der Waals surface area contributed by atoms with Crippen LogP contribution in [0.5, 0.6) is 11.5 Å². The molecule has 1 aromatic carbocycles. The molecule has 1 amide bonds. The first-order chi connectivity index (χ1) is 13.9. The Morgan fingerprint density at radius 1 is 1.14 bits per heavy atom. The second kappa shape index (κ2) is 8.42. The Bertz CT molecular complexity index is 1090. The Labute approximate surface area is 166 Å². The fraction of sp³-hybridized carbons (Fsp3) is 0.200. The molecular formula is C20H20N4O5. The zero-order valence-corrected chi connectivity index (χ0v) is 16.0. The van der Waals surface area contributed by atoms with Crippen LogP contribution in [0, 0.1) is 0 Å². The summed E-state index contributed by atoms with van der Waals surface area (Å²) in [5.74, 6) is -0.280. The fourth-order valence-electron chi connectivity index (χ4n) is 2.77. The lowest BCUT2D eigenvalue weighted by Gasteiger charge is -2.10. The van der Waals surface area contributed by atoms with Gasteiger partial charge in [0, 0.05) is 23.5 Å². The van der Waals surface area contributed by atoms with Gasteiger partial charge < -0.3 is 19.9 Å². The predicted octanol–water partition coefficient (Wildman–Crippen LogP) is 2.52. The number of aliphatic carboxylic acids is 1. The summed E-state index contributed by atoms with van der Waals surface area (Å²) < 4.78 is 12.2. The molecule has 0 atom stereocenters. The van der Waals surface area contributed by atoms with Crippen LogP contribution in [0.1, 0.15) is 23.3 Å². The zero-order chi connectivity index (χ0) is 21.0. The Hall–Kier alpha value is -3.88. The van der Waals surface area contributed by atoms with E-state index in [9.17, 15) is 9.59 Å². The number of ether oxygens (including phenoxy) is 2. The van der Waals surface area contributed by atoms with E-state index in [1.165, 1.54) is 0 Å². The van der Waals surface area contributed by atoms with E-state index >= 15 is 0 Å². The maximum Gasteiger partial charge on any atom is 0.303 e. The Kier molecular flexibility index (Phi) is 5.77. The van der Waals surface area contributed by atoms with Crippen LogP contribution in [0.2, 0.25) is 0 Å². The SMILES string of the molecule is C=C(CCC(=O)O)NC(=O)c1cc2nccc(-c3ccc(OC)c(OC)c3)n2n1. The van der Waals surface area contributed by atoms with E-state index in [1.807, 2.05) is 12.1 Å². The van der Waals surface area contributed by atoms with E-state index in [2.05, 4.69) is 22.0 Å². The van der Waals surface area contributed by atoms with Gasteiger partial charge >= 0.3 is 5.97 Å². The highest BCUT2D eigenvalue weighted by Crippen LogP contribution is 2.32. The number of aromatic nitrogens is 3. The molecule has 0 saturated carbocycles. The number of hydrogen-bond acceptors (Lipinski definition) is 6. The summed E-state index contributed by atoms with van der Waals surface area (Å²) in [6.45, 7) is 3.68. The van der Waals surface area contributed by atoms with Gasteiger partial charge in [-0.05, 0) is 30.7 Å². The highest BCUT2D eigenvalue weighted by atomic mass is 16.5. The van der Waals surface area contributed by atoms with E-state index in [0.29, 0.717) is 28.5 Å². The van der Waals surface area contributed by atoms with Crippen molar-refractivity contribution in [2.45, 2.75) is 12.8 Å². The van der Waals surface area contributed by atoms with Crippen molar-refractivity contribution in [3.05, 3.63) is 54.5 Å². The summed E-state index contributed by atoms with van der Waals surface area (Å²) in [6.07, 6.45) is 1.65. The molecule has 0 aliphatic carbocycles. The third-order valence-corrected chi connectivity index (χ3v) is 4.20. The number of carbonyl (C=O) groups is 2. The van der Waals surface area contributed by atoms with Gasteiger partial charge in [-0.15, -0.1) is 0 Å². The van der Waals surface area contributed by atoms with E-state index in [1.54, 1.807) is 43.1 Å². The molecule has 2 aromatic heterocycles. The molecule has 150 valence electrons. The number of rotatable bonds is 8. The Morgan fingerprint density at radius 2 is 1.90 bits per heavy atom. The molecule has 29 heavy (non-hydrogen) atoms. The highest BCUT2D eigenvalue weighted by molar-refractivity contribution is 5.94. The van der Waals surface area contributed by atoms with Crippen molar-refractivity contribution in [2.75, 3.05) is 14.2 Å². The highest BCUT2D eigenvalue weighted by Gasteiger charge is 2.16. The van der Waals surface area contributed by atoms with E-state index < -0.39 is 11.9 Å². The molecule has 0 unspecified atom stereocenters. The minimum absolute atomic E-state index is 0.116. The van der Waals surface area contributed by atoms with Gasteiger partial charge in [0.05, 0.1) is 26.3 Å². The number of carboxylic acid groups (broad SMARTS) is 1. The molecule has 0 radical (unpaired) electrons. The number of fused-ring (bicyclic) bond motifs is 1. The van der Waals surface area contributed by atoms with Crippen LogP contribution < -0.4 is 14.8 Å². The molecule has 0 saturated heterocycles. The summed E-state index contributed by atoms with van der Waals surface area (Å²) in [5.41, 5.74) is 2.44. The topological polar surface area (TPSA) is 115 Å². The summed E-state index contributed by atoms with van der Waals surface area (Å²) in [5, 5.41) is 15.6. The van der Waals surface area contributed by atoms with Crippen LogP contribution in [0.3, 0.4) is 0 Å². The second-order valence-corrected chi connectivity index (χ2v) is 6.15. The van der Waals surface area contributed by atoms with Gasteiger partial charge in [-0.1, -0.05) is 6.58 Å². The third-order valence-electron chi connectivity index (χ3n) is 4.20. The standard InChI is InChI=1S/C20H20N4O5/c1-12(4-7-19(25)26)22-20(27)14-11-18-21-9-8-15(24(18)23-14)13-5-6-16(28-2)17(10-13)29-3/h5-6,8-11H,1,4,7H2,2-3H3,(H,22,27)(H,25,26). The number of carboxylic acids is 1. The molecule has 0 aliphatic rings. The van der Waals surface area contributed by atoms with Crippen molar-refractivity contribution in [3.63, 3.8) is 0 Å². The minimum atomic E-state index is -0.961. The lowest BCUT2D eigenvalue weighted by atomic mass is 10.1. The first-order valence-electron chi connectivity index (χ1n) is 8.71. The van der Waals surface area contributed by atoms with Crippen molar-refractivity contribution in [1.82, 2.24) is 19.9 Å². The van der Waals surface area contributed by atoms with Gasteiger partial charge in [0.2, 0.25) is 0 Å². The first kappa shape index (κ1) is 19.9. The zero-order valence-electron chi connectivity index (χ0n) is 16.0. The molecule has 9 nitrogen and oxygen atoms in total. The minimum Gasteiger partial charge on any atom is -0.493 e. The summed E-state index contributed by atoms with van der Waals surface area (Å²) in [7, 11) is 3.11. The molecule has 3 aromatic rings. The van der Waals surface area contributed by atoms with Crippen LogP contribution in [-0.4, -0.2) is 45.8 Å². The molecule has 9 heteroatoms. The second-order valence-electron chi connectivity index (χ2n) is 6.15. The molecule has 2 N–H and O–H groups in total. The molecule has 2 heterocycles. The van der Waals surface area contributed by atoms with Crippen LogP contribution in [0.4, 0.5) is 0 Å². The number of hydrogen-bond donors (Lipinski definition) is 2. The first-order valence-corrected chi connectivity index (χ1v) is 8.71. The van der Waals surface area contributed by atoms with Gasteiger partial charge in [-0.2, -0.15) is 5.10 Å². The number of allylic oxidation sites excluding steroid dienone is 1. The normalized spacial score (nSPS) is 10.6. The molecule has 0 aliphatic heterocycles. The summed E-state index contributed by atoms with van der Waals surface area (Å²) in [4.78, 5) is 27.3. The Balaban J connectivity index is 1.91. The average molecular weight is 396 g/mol. The van der Waals surface area contributed by atoms with Crippen LogP contribution in [0.25, 0.3) is 16.9 Å². The molecule has 3 rings (SSSR count). The molecular weight excluding hydrogens is 376 g/mol. The van der Waals surface area contributed by atoms with Crippen LogP contribution in [-0.2, 0) is 4.79 Å². The maximum absolute atomic E-state index is 12.4. The molecule has 0 spiro atoms. The fourth-order valence-corrected chi connectivity index (χ4v) is 2.77. The monoisotopic (exact) mass is 396 g/mol. The number of nitrogens with zero attached hydrogens (tertiary/aromatic N) is 3. The predicted molar refractivity (Wildman–Crippen MR) is 105 cm³/mol. The van der Waals surface area contributed by atoms with Gasteiger partial charge in [-0.3, -0.25) is 9.59 Å². The molecule has 0 bridgehead atoms. The summed E-state index contributed by atoms with van der Waals surface area (Å²) >= 11 is 0. The third kappa shape index (κ3) is 4.34. The van der Waals surface area contributed by atoms with Crippen LogP contribution in [0.15, 0.2) is 48.8 Å². The number of carbonyl (C=O) groups excluding carboxylic acids is 1. The van der Waals surface area contributed by atoms with E-state index in [4.69, 9.17) is 14.6 Å². The van der Waals surface area contributed by atoms with Crippen molar-refractivity contribution < 1.29 is 24.2 Å².